The highest BCUT2D eigenvalue weighted by atomic mass is 16.5. The molecule has 1 heterocycles. The van der Waals surface area contributed by atoms with Gasteiger partial charge in [-0.25, -0.2) is 0 Å². The number of aryl methyl sites for hydroxylation is 2. The van der Waals surface area contributed by atoms with Crippen molar-refractivity contribution in [1.29, 1.82) is 0 Å². The van der Waals surface area contributed by atoms with Crippen LogP contribution in [0.5, 0.6) is 11.5 Å². The first-order valence-corrected chi connectivity index (χ1v) is 9.37. The summed E-state index contributed by atoms with van der Waals surface area (Å²) in [5.74, 6) is 1.70. The Morgan fingerprint density at radius 1 is 0.923 bits per heavy atom. The number of hydrogen-bond acceptors (Lipinski definition) is 4. The van der Waals surface area contributed by atoms with Gasteiger partial charge >= 0.3 is 0 Å². The van der Waals surface area contributed by atoms with Crippen molar-refractivity contribution >= 4 is 0 Å². The SMILES string of the molecule is COc1ccc(C(c2cc(C)cc(C)c2)N2CCCNCC2)c(OC)c1. The molecule has 0 radical (unpaired) electrons. The molecular formula is C22H30N2O2. The molecule has 2 aromatic rings. The maximum absolute atomic E-state index is 5.75. The first-order chi connectivity index (χ1) is 12.6. The fraction of sp³-hybridized carbons (Fsp3) is 0.455. The van der Waals surface area contributed by atoms with E-state index in [-0.39, 0.29) is 6.04 Å². The van der Waals surface area contributed by atoms with Crippen LogP contribution >= 0.6 is 0 Å². The smallest absolute Gasteiger partial charge is 0.127 e. The Balaban J connectivity index is 2.10. The normalized spacial score (nSPS) is 16.8. The van der Waals surface area contributed by atoms with Crippen LogP contribution in [0.2, 0.25) is 0 Å². The second-order valence-electron chi connectivity index (χ2n) is 7.07. The Labute approximate surface area is 157 Å². The molecule has 26 heavy (non-hydrogen) atoms. The summed E-state index contributed by atoms with van der Waals surface area (Å²) in [6.07, 6.45) is 1.15. The van der Waals surface area contributed by atoms with Crippen LogP contribution in [0, 0.1) is 13.8 Å². The number of methoxy groups -OCH3 is 2. The summed E-state index contributed by atoms with van der Waals surface area (Å²) in [6.45, 7) is 8.52. The Kier molecular flexibility index (Phi) is 6.17. The highest BCUT2D eigenvalue weighted by Crippen LogP contribution is 2.37. The van der Waals surface area contributed by atoms with Crippen LogP contribution in [0.25, 0.3) is 0 Å². The molecule has 4 nitrogen and oxygen atoms in total. The van der Waals surface area contributed by atoms with Crippen LogP contribution in [0.15, 0.2) is 36.4 Å². The van der Waals surface area contributed by atoms with Crippen molar-refractivity contribution in [3.05, 3.63) is 58.7 Å². The minimum absolute atomic E-state index is 0.175. The van der Waals surface area contributed by atoms with Gasteiger partial charge in [0.1, 0.15) is 11.5 Å². The van der Waals surface area contributed by atoms with Gasteiger partial charge < -0.3 is 14.8 Å². The predicted octanol–water partition coefficient (Wildman–Crippen LogP) is 3.71. The van der Waals surface area contributed by atoms with E-state index in [0.29, 0.717) is 0 Å². The minimum atomic E-state index is 0.175. The van der Waals surface area contributed by atoms with Gasteiger partial charge in [0.2, 0.25) is 0 Å². The van der Waals surface area contributed by atoms with Gasteiger partial charge in [0.05, 0.1) is 20.3 Å². The summed E-state index contributed by atoms with van der Waals surface area (Å²) in [4.78, 5) is 2.57. The lowest BCUT2D eigenvalue weighted by Gasteiger charge is -2.32. The molecule has 1 atom stereocenters. The van der Waals surface area contributed by atoms with Crippen molar-refractivity contribution in [2.75, 3.05) is 40.4 Å². The maximum Gasteiger partial charge on any atom is 0.127 e. The Hall–Kier alpha value is -2.04. The van der Waals surface area contributed by atoms with Crippen LogP contribution in [0.1, 0.15) is 34.7 Å². The zero-order valence-electron chi connectivity index (χ0n) is 16.3. The first kappa shape index (κ1) is 18.7. The van der Waals surface area contributed by atoms with E-state index in [1.54, 1.807) is 14.2 Å². The lowest BCUT2D eigenvalue weighted by molar-refractivity contribution is 0.236. The van der Waals surface area contributed by atoms with E-state index in [1.165, 1.54) is 22.3 Å². The molecule has 0 aromatic heterocycles. The molecule has 1 saturated heterocycles. The number of benzene rings is 2. The third-order valence-corrected chi connectivity index (χ3v) is 5.03. The molecule has 0 saturated carbocycles. The molecule has 4 heteroatoms. The van der Waals surface area contributed by atoms with Crippen molar-refractivity contribution in [2.45, 2.75) is 26.3 Å². The number of ether oxygens (including phenoxy) is 2. The number of nitrogens with one attached hydrogen (secondary N) is 1. The molecule has 1 aliphatic heterocycles. The summed E-state index contributed by atoms with van der Waals surface area (Å²) in [6, 6.07) is 13.2. The molecular weight excluding hydrogens is 324 g/mol. The summed E-state index contributed by atoms with van der Waals surface area (Å²) in [5, 5.41) is 3.51. The molecule has 0 amide bonds. The van der Waals surface area contributed by atoms with E-state index in [4.69, 9.17) is 9.47 Å². The monoisotopic (exact) mass is 354 g/mol. The molecule has 1 fully saturated rings. The van der Waals surface area contributed by atoms with Crippen LogP contribution < -0.4 is 14.8 Å². The third-order valence-electron chi connectivity index (χ3n) is 5.03. The molecule has 1 unspecified atom stereocenters. The van der Waals surface area contributed by atoms with Crippen LogP contribution in [0.4, 0.5) is 0 Å². The number of rotatable bonds is 5. The minimum Gasteiger partial charge on any atom is -0.497 e. The molecule has 1 N–H and O–H groups in total. The quantitative estimate of drug-likeness (QED) is 0.888. The van der Waals surface area contributed by atoms with Gasteiger partial charge in [0, 0.05) is 31.3 Å². The Morgan fingerprint density at radius 2 is 1.69 bits per heavy atom. The van der Waals surface area contributed by atoms with Crippen molar-refractivity contribution in [1.82, 2.24) is 10.2 Å². The fourth-order valence-corrected chi connectivity index (χ4v) is 3.92. The second kappa shape index (κ2) is 8.56. The van der Waals surface area contributed by atoms with Crippen molar-refractivity contribution in [3.8, 4) is 11.5 Å². The van der Waals surface area contributed by atoms with Gasteiger partial charge in [-0.3, -0.25) is 4.90 Å². The highest BCUT2D eigenvalue weighted by Gasteiger charge is 2.26. The molecule has 2 aromatic carbocycles. The second-order valence-corrected chi connectivity index (χ2v) is 7.07. The molecule has 3 rings (SSSR count). The van der Waals surface area contributed by atoms with Crippen molar-refractivity contribution in [2.24, 2.45) is 0 Å². The van der Waals surface area contributed by atoms with Gasteiger partial charge in [0.25, 0.3) is 0 Å². The third kappa shape index (κ3) is 4.19. The number of nitrogens with zero attached hydrogens (tertiary/aromatic N) is 1. The highest BCUT2D eigenvalue weighted by molar-refractivity contribution is 5.47. The van der Waals surface area contributed by atoms with Crippen LogP contribution in [0.3, 0.4) is 0 Å². The molecule has 0 spiro atoms. The summed E-state index contributed by atoms with van der Waals surface area (Å²) >= 11 is 0. The van der Waals surface area contributed by atoms with Gasteiger partial charge in [-0.15, -0.1) is 0 Å². The lowest BCUT2D eigenvalue weighted by atomic mass is 9.93. The van der Waals surface area contributed by atoms with Gasteiger partial charge in [-0.2, -0.15) is 0 Å². The zero-order chi connectivity index (χ0) is 18.5. The van der Waals surface area contributed by atoms with E-state index in [2.05, 4.69) is 48.3 Å². The van der Waals surface area contributed by atoms with Crippen LogP contribution in [-0.2, 0) is 0 Å². The average molecular weight is 354 g/mol. The van der Waals surface area contributed by atoms with E-state index in [9.17, 15) is 0 Å². The summed E-state index contributed by atoms with van der Waals surface area (Å²) < 4.78 is 11.1. The maximum atomic E-state index is 5.75. The van der Waals surface area contributed by atoms with Gasteiger partial charge in [-0.1, -0.05) is 29.3 Å². The first-order valence-electron chi connectivity index (χ1n) is 9.37. The lowest BCUT2D eigenvalue weighted by Crippen LogP contribution is -2.33. The standard InChI is InChI=1S/C22H30N2O2/c1-16-12-17(2)14-18(13-16)22(24-10-5-8-23-9-11-24)20-7-6-19(25-3)15-21(20)26-4/h6-7,12-15,22-23H,5,8-11H2,1-4H3. The van der Waals surface area contributed by atoms with Crippen LogP contribution in [-0.4, -0.2) is 45.3 Å². The Bertz CT molecular complexity index is 717. The Morgan fingerprint density at radius 3 is 2.38 bits per heavy atom. The van der Waals surface area contributed by atoms with Crippen molar-refractivity contribution < 1.29 is 9.47 Å². The number of hydrogen-bond donors (Lipinski definition) is 1. The predicted molar refractivity (Wildman–Crippen MR) is 106 cm³/mol. The fourth-order valence-electron chi connectivity index (χ4n) is 3.92. The molecule has 0 bridgehead atoms. The van der Waals surface area contributed by atoms with Gasteiger partial charge in [0.15, 0.2) is 0 Å². The molecule has 1 aliphatic rings. The average Bonchev–Trinajstić information content (AvgIpc) is 2.90. The largest absolute Gasteiger partial charge is 0.497 e. The molecule has 0 aliphatic carbocycles. The van der Waals surface area contributed by atoms with E-state index in [1.807, 2.05) is 12.1 Å². The molecule has 140 valence electrons. The van der Waals surface area contributed by atoms with E-state index >= 15 is 0 Å². The summed E-state index contributed by atoms with van der Waals surface area (Å²) in [7, 11) is 3.43. The zero-order valence-corrected chi connectivity index (χ0v) is 16.3. The topological polar surface area (TPSA) is 33.7 Å². The van der Waals surface area contributed by atoms with E-state index in [0.717, 1.165) is 44.1 Å². The van der Waals surface area contributed by atoms with Gasteiger partial charge in [-0.05, 0) is 44.5 Å². The summed E-state index contributed by atoms with van der Waals surface area (Å²) in [5.41, 5.74) is 5.11. The van der Waals surface area contributed by atoms with E-state index < -0.39 is 0 Å². The van der Waals surface area contributed by atoms with Crippen molar-refractivity contribution in [3.63, 3.8) is 0 Å².